The number of ether oxygens (including phenoxy) is 2. The van der Waals surface area contributed by atoms with Gasteiger partial charge < -0.3 is 20.5 Å². The van der Waals surface area contributed by atoms with E-state index < -0.39 is 12.2 Å². The Hall–Kier alpha value is -2.67. The lowest BCUT2D eigenvalue weighted by Gasteiger charge is -2.21. The highest BCUT2D eigenvalue weighted by atomic mass is 32.2. The average Bonchev–Trinajstić information content (AvgIpc) is 3.39. The smallest absolute Gasteiger partial charge is 0.407 e. The first-order valence-electron chi connectivity index (χ1n) is 9.37. The number of carbonyl (C=O) groups is 1. The van der Waals surface area contributed by atoms with E-state index in [4.69, 9.17) is 20.6 Å². The van der Waals surface area contributed by atoms with Gasteiger partial charge in [-0.25, -0.2) is 4.79 Å². The number of benzene rings is 2. The Morgan fingerprint density at radius 3 is 2.71 bits per heavy atom. The van der Waals surface area contributed by atoms with Crippen LogP contribution in [0.5, 0.6) is 5.75 Å². The van der Waals surface area contributed by atoms with Crippen molar-refractivity contribution in [2.45, 2.75) is 41.6 Å². The fourth-order valence-corrected chi connectivity index (χ4v) is 4.29. The number of nitrogens with one attached hydrogen (secondary N) is 2. The van der Waals surface area contributed by atoms with Crippen molar-refractivity contribution in [2.75, 3.05) is 6.61 Å². The molecule has 7 heteroatoms. The van der Waals surface area contributed by atoms with Gasteiger partial charge >= 0.3 is 6.09 Å². The Kier molecular flexibility index (Phi) is 5.43. The molecule has 6 nitrogen and oxygen atoms in total. The van der Waals surface area contributed by atoms with E-state index in [1.165, 1.54) is 0 Å². The van der Waals surface area contributed by atoms with Gasteiger partial charge in [-0.05, 0) is 37.0 Å². The van der Waals surface area contributed by atoms with Gasteiger partial charge in [0.2, 0.25) is 0 Å². The van der Waals surface area contributed by atoms with Crippen molar-refractivity contribution in [2.24, 2.45) is 5.73 Å². The van der Waals surface area contributed by atoms with Gasteiger partial charge in [-0.3, -0.25) is 5.41 Å². The number of fused-ring (bicyclic) bond motifs is 1. The molecule has 1 amide bonds. The number of nitrogens with two attached hydrogens (primary N) is 1. The molecule has 4 N–H and O–H groups in total. The maximum absolute atomic E-state index is 12.0. The third-order valence-corrected chi connectivity index (χ3v) is 6.14. The molecule has 0 radical (unpaired) electrons. The van der Waals surface area contributed by atoms with Crippen LogP contribution >= 0.6 is 11.8 Å². The van der Waals surface area contributed by atoms with Crippen LogP contribution in [0.1, 0.15) is 30.1 Å². The van der Waals surface area contributed by atoms with Crippen LogP contribution in [0.2, 0.25) is 0 Å². The maximum Gasteiger partial charge on any atom is 0.407 e. The lowest BCUT2D eigenvalue weighted by atomic mass is 10.1. The number of hydrogen-bond donors (Lipinski definition) is 3. The molecular weight excluding hydrogens is 374 g/mol. The fraction of sp³-hybridized carbons (Fsp3) is 0.333. The third kappa shape index (κ3) is 4.42. The second kappa shape index (κ2) is 8.14. The average molecular weight is 398 g/mol. The summed E-state index contributed by atoms with van der Waals surface area (Å²) in [7, 11) is 0. The molecule has 2 unspecified atom stereocenters. The molecule has 0 saturated heterocycles. The number of thioether (sulfide) groups is 1. The first-order valence-corrected chi connectivity index (χ1v) is 10.3. The zero-order valence-corrected chi connectivity index (χ0v) is 16.2. The maximum atomic E-state index is 12.0. The predicted octanol–water partition coefficient (Wildman–Crippen LogP) is 3.65. The minimum Gasteiger partial charge on any atom is -0.482 e. The number of alkyl carbamates (subject to hydrolysis) is 1. The van der Waals surface area contributed by atoms with E-state index in [0.717, 1.165) is 34.6 Å². The summed E-state index contributed by atoms with van der Waals surface area (Å²) in [6, 6.07) is 15.9. The Morgan fingerprint density at radius 1 is 1.21 bits per heavy atom. The van der Waals surface area contributed by atoms with E-state index in [1.807, 2.05) is 48.5 Å². The molecule has 28 heavy (non-hydrogen) atoms. The van der Waals surface area contributed by atoms with Crippen LogP contribution in [0.25, 0.3) is 0 Å². The minimum atomic E-state index is -0.418. The van der Waals surface area contributed by atoms with Gasteiger partial charge in [0.25, 0.3) is 0 Å². The summed E-state index contributed by atoms with van der Waals surface area (Å²) in [5, 5.41) is 10.5. The number of amidine groups is 1. The van der Waals surface area contributed by atoms with Crippen LogP contribution in [0.3, 0.4) is 0 Å². The van der Waals surface area contributed by atoms with E-state index in [9.17, 15) is 4.79 Å². The molecule has 0 aromatic heterocycles. The van der Waals surface area contributed by atoms with E-state index in [-0.39, 0.29) is 23.7 Å². The predicted molar refractivity (Wildman–Crippen MR) is 109 cm³/mol. The highest BCUT2D eigenvalue weighted by Gasteiger charge is 2.29. The van der Waals surface area contributed by atoms with Crippen molar-refractivity contribution in [1.29, 1.82) is 5.41 Å². The molecule has 1 saturated carbocycles. The molecule has 1 heterocycles. The van der Waals surface area contributed by atoms with Crippen LogP contribution in [-0.2, 0) is 11.2 Å². The molecule has 1 fully saturated rings. The van der Waals surface area contributed by atoms with E-state index in [2.05, 4.69) is 5.32 Å². The Balaban J connectivity index is 1.51. The van der Waals surface area contributed by atoms with E-state index in [0.29, 0.717) is 6.42 Å². The van der Waals surface area contributed by atoms with Crippen LogP contribution in [-0.4, -0.2) is 29.8 Å². The summed E-state index contributed by atoms with van der Waals surface area (Å²) >= 11 is 1.59. The van der Waals surface area contributed by atoms with Gasteiger partial charge in [0.05, 0.1) is 5.25 Å². The fourth-order valence-electron chi connectivity index (χ4n) is 3.13. The topological polar surface area (TPSA) is 97.4 Å². The molecule has 0 spiro atoms. The van der Waals surface area contributed by atoms with Gasteiger partial charge in [-0.2, -0.15) is 0 Å². The highest BCUT2D eigenvalue weighted by molar-refractivity contribution is 8.01. The summed E-state index contributed by atoms with van der Waals surface area (Å²) in [5.74, 6) is 0.917. The SMILES string of the molecule is N=C(N)C1Cc2c(OC(COC(=O)NC3CC3)c3ccccc3)cccc2S1. The number of hydrogen-bond acceptors (Lipinski definition) is 5. The van der Waals surface area contributed by atoms with E-state index in [1.54, 1.807) is 11.8 Å². The molecule has 0 bridgehead atoms. The molecule has 2 aromatic carbocycles. The second-order valence-corrected chi connectivity index (χ2v) is 8.28. The monoisotopic (exact) mass is 397 g/mol. The van der Waals surface area contributed by atoms with Crippen molar-refractivity contribution < 1.29 is 14.3 Å². The third-order valence-electron chi connectivity index (χ3n) is 4.80. The highest BCUT2D eigenvalue weighted by Crippen LogP contribution is 2.42. The minimum absolute atomic E-state index is 0.0597. The first-order chi connectivity index (χ1) is 13.6. The van der Waals surface area contributed by atoms with Crippen molar-refractivity contribution in [3.8, 4) is 5.75 Å². The second-order valence-electron chi connectivity index (χ2n) is 7.03. The largest absolute Gasteiger partial charge is 0.482 e. The Bertz CT molecular complexity index is 870. The summed E-state index contributed by atoms with van der Waals surface area (Å²) in [6.07, 6.45) is 1.87. The first kappa shape index (κ1) is 18.7. The number of carbonyl (C=O) groups excluding carboxylic acids is 1. The molecule has 1 aliphatic carbocycles. The van der Waals surface area contributed by atoms with Crippen LogP contribution < -0.4 is 15.8 Å². The van der Waals surface area contributed by atoms with Crippen LogP contribution in [0, 0.1) is 5.41 Å². The zero-order chi connectivity index (χ0) is 19.5. The quantitative estimate of drug-likeness (QED) is 0.489. The molecule has 4 rings (SSSR count). The van der Waals surface area contributed by atoms with Gasteiger partial charge in [0.15, 0.2) is 6.10 Å². The van der Waals surface area contributed by atoms with Gasteiger partial charge in [-0.1, -0.05) is 36.4 Å². The summed E-state index contributed by atoms with van der Waals surface area (Å²) in [5.41, 5.74) is 7.69. The van der Waals surface area contributed by atoms with Gasteiger partial charge in [0, 0.05) is 16.5 Å². The zero-order valence-electron chi connectivity index (χ0n) is 15.4. The van der Waals surface area contributed by atoms with Crippen molar-refractivity contribution >= 4 is 23.7 Å². The lowest BCUT2D eigenvalue weighted by Crippen LogP contribution is -2.29. The lowest BCUT2D eigenvalue weighted by molar-refractivity contribution is 0.0809. The standard InChI is InChI=1S/C21H23N3O3S/c22-20(23)19-11-15-16(7-4-8-18(15)28-19)27-17(13-5-2-1-3-6-13)12-26-21(25)24-14-9-10-14/h1-8,14,17,19H,9-12H2,(H3,22,23)(H,24,25). The number of rotatable bonds is 7. The molecule has 1 aliphatic heterocycles. The van der Waals surface area contributed by atoms with Gasteiger partial charge in [0.1, 0.15) is 18.2 Å². The van der Waals surface area contributed by atoms with Crippen molar-refractivity contribution in [1.82, 2.24) is 5.32 Å². The van der Waals surface area contributed by atoms with Crippen LogP contribution in [0.15, 0.2) is 53.4 Å². The summed E-state index contributed by atoms with van der Waals surface area (Å²) in [4.78, 5) is 13.0. The normalized spacial score (nSPS) is 18.8. The van der Waals surface area contributed by atoms with Crippen LogP contribution in [0.4, 0.5) is 4.79 Å². The Labute approximate surface area is 168 Å². The molecule has 2 atom stereocenters. The van der Waals surface area contributed by atoms with Crippen molar-refractivity contribution in [3.63, 3.8) is 0 Å². The van der Waals surface area contributed by atoms with Crippen molar-refractivity contribution in [3.05, 3.63) is 59.7 Å². The van der Waals surface area contributed by atoms with Gasteiger partial charge in [-0.15, -0.1) is 11.8 Å². The Morgan fingerprint density at radius 2 is 2.00 bits per heavy atom. The van der Waals surface area contributed by atoms with E-state index >= 15 is 0 Å². The molecule has 146 valence electrons. The molecular formula is C21H23N3O3S. The summed E-state index contributed by atoms with van der Waals surface area (Å²) < 4.78 is 11.7. The summed E-state index contributed by atoms with van der Waals surface area (Å²) in [6.45, 7) is 0.121. The molecule has 2 aromatic rings. The molecule has 2 aliphatic rings. The number of amides is 1.